The van der Waals surface area contributed by atoms with Crippen molar-refractivity contribution in [1.29, 1.82) is 0 Å². The zero-order chi connectivity index (χ0) is 16.6. The van der Waals surface area contributed by atoms with Gasteiger partial charge in [0.2, 0.25) is 0 Å². The van der Waals surface area contributed by atoms with Crippen molar-refractivity contribution in [2.24, 2.45) is 10.9 Å². The summed E-state index contributed by atoms with van der Waals surface area (Å²) in [6.45, 7) is 9.55. The first kappa shape index (κ1) is 20.2. The monoisotopic (exact) mass is 331 g/mol. The highest BCUT2D eigenvalue weighted by molar-refractivity contribution is 5.79. The normalized spacial score (nSPS) is 18.3. The molecule has 2 N–H and O–H groups in total. The Hall–Kier alpha value is -0.890. The van der Waals surface area contributed by atoms with Crippen molar-refractivity contribution in [3.8, 4) is 0 Å². The van der Waals surface area contributed by atoms with Gasteiger partial charge in [0.05, 0.1) is 33.0 Å². The van der Waals surface area contributed by atoms with Crippen LogP contribution in [0.2, 0.25) is 0 Å². The molecule has 0 aromatic carbocycles. The summed E-state index contributed by atoms with van der Waals surface area (Å²) in [6, 6.07) is 0. The zero-order valence-corrected chi connectivity index (χ0v) is 14.6. The van der Waals surface area contributed by atoms with E-state index in [1.807, 2.05) is 0 Å². The molecule has 0 bridgehead atoms. The van der Waals surface area contributed by atoms with Crippen LogP contribution in [0.15, 0.2) is 4.99 Å². The first-order valence-corrected chi connectivity index (χ1v) is 8.61. The van der Waals surface area contributed by atoms with Crippen molar-refractivity contribution in [3.05, 3.63) is 0 Å². The molecule has 7 nitrogen and oxygen atoms in total. The van der Waals surface area contributed by atoms with Crippen LogP contribution < -0.4 is 10.6 Å². The van der Waals surface area contributed by atoms with Crippen molar-refractivity contribution in [1.82, 2.24) is 10.6 Å². The molecule has 1 atom stereocenters. The molecule has 0 aliphatic carbocycles. The third kappa shape index (κ3) is 11.3. The van der Waals surface area contributed by atoms with Crippen LogP contribution in [-0.4, -0.2) is 79.0 Å². The minimum absolute atomic E-state index is 0.579. The van der Waals surface area contributed by atoms with Crippen LogP contribution >= 0.6 is 0 Å². The fraction of sp³-hybridized carbons (Fsp3) is 0.938. The molecule has 0 aromatic rings. The van der Waals surface area contributed by atoms with Crippen LogP contribution in [0, 0.1) is 5.92 Å². The van der Waals surface area contributed by atoms with E-state index in [0.29, 0.717) is 25.7 Å². The number of nitrogens with one attached hydrogen (secondary N) is 2. The van der Waals surface area contributed by atoms with Gasteiger partial charge in [-0.05, 0) is 19.8 Å². The summed E-state index contributed by atoms with van der Waals surface area (Å²) >= 11 is 0. The molecule has 136 valence electrons. The summed E-state index contributed by atoms with van der Waals surface area (Å²) in [4.78, 5) is 4.53. The van der Waals surface area contributed by atoms with Crippen LogP contribution in [-0.2, 0) is 18.9 Å². The summed E-state index contributed by atoms with van der Waals surface area (Å²) in [5, 5.41) is 6.47. The van der Waals surface area contributed by atoms with Crippen molar-refractivity contribution in [3.63, 3.8) is 0 Å². The van der Waals surface area contributed by atoms with E-state index in [4.69, 9.17) is 18.9 Å². The van der Waals surface area contributed by atoms with E-state index in [2.05, 4.69) is 22.5 Å². The molecule has 0 saturated carbocycles. The maximum atomic E-state index is 5.67. The lowest BCUT2D eigenvalue weighted by molar-refractivity contribution is 0.0733. The maximum Gasteiger partial charge on any atom is 0.191 e. The summed E-state index contributed by atoms with van der Waals surface area (Å²) in [5.74, 6) is 1.41. The maximum absolute atomic E-state index is 5.67. The van der Waals surface area contributed by atoms with Crippen molar-refractivity contribution in [2.75, 3.05) is 73.0 Å². The van der Waals surface area contributed by atoms with E-state index >= 15 is 0 Å². The first-order valence-electron chi connectivity index (χ1n) is 8.61. The van der Waals surface area contributed by atoms with Gasteiger partial charge in [-0.1, -0.05) is 0 Å². The predicted molar refractivity (Wildman–Crippen MR) is 91.0 cm³/mol. The Morgan fingerprint density at radius 2 is 2.09 bits per heavy atom. The van der Waals surface area contributed by atoms with Gasteiger partial charge in [-0.25, -0.2) is 0 Å². The van der Waals surface area contributed by atoms with Gasteiger partial charge in [0, 0.05) is 45.9 Å². The fourth-order valence-electron chi connectivity index (χ4n) is 2.15. The van der Waals surface area contributed by atoms with Gasteiger partial charge in [-0.2, -0.15) is 0 Å². The SMILES string of the molecule is CCNC(=NCCCOCC1CCOC1)NCCOCCOC. The number of methoxy groups -OCH3 is 1. The lowest BCUT2D eigenvalue weighted by Gasteiger charge is -2.12. The minimum Gasteiger partial charge on any atom is -0.382 e. The molecule has 0 amide bonds. The van der Waals surface area contributed by atoms with E-state index in [1.54, 1.807) is 7.11 Å². The van der Waals surface area contributed by atoms with Crippen LogP contribution in [0.4, 0.5) is 0 Å². The van der Waals surface area contributed by atoms with Crippen molar-refractivity contribution in [2.45, 2.75) is 19.8 Å². The average molecular weight is 331 g/mol. The predicted octanol–water partition coefficient (Wildman–Crippen LogP) is 0.648. The Kier molecular flexibility index (Phi) is 12.9. The summed E-state index contributed by atoms with van der Waals surface area (Å²) in [6.07, 6.45) is 2.05. The first-order chi connectivity index (χ1) is 11.4. The number of nitrogens with zero attached hydrogens (tertiary/aromatic N) is 1. The molecule has 7 heteroatoms. The Labute approximate surface area is 140 Å². The van der Waals surface area contributed by atoms with Gasteiger partial charge >= 0.3 is 0 Å². The lowest BCUT2D eigenvalue weighted by atomic mass is 10.1. The van der Waals surface area contributed by atoms with E-state index < -0.39 is 0 Å². The number of aliphatic imine (C=N–C) groups is 1. The van der Waals surface area contributed by atoms with Gasteiger partial charge in [0.15, 0.2) is 5.96 Å². The molecule has 1 aliphatic heterocycles. The highest BCUT2D eigenvalue weighted by Gasteiger charge is 2.15. The minimum atomic E-state index is 0.579. The molecule has 1 unspecified atom stereocenters. The average Bonchev–Trinajstić information content (AvgIpc) is 3.07. The molecule has 1 rings (SSSR count). The molecule has 1 aliphatic rings. The Balaban J connectivity index is 2.01. The summed E-state index contributed by atoms with van der Waals surface area (Å²) in [7, 11) is 1.67. The van der Waals surface area contributed by atoms with Crippen LogP contribution in [0.3, 0.4) is 0 Å². The largest absolute Gasteiger partial charge is 0.382 e. The fourth-order valence-corrected chi connectivity index (χ4v) is 2.15. The number of ether oxygens (including phenoxy) is 4. The standard InChI is InChI=1S/C16H33N3O4/c1-3-17-16(19-7-10-21-12-11-20-2)18-6-4-8-22-13-15-5-9-23-14-15/h15H,3-14H2,1-2H3,(H2,17,18,19). The Bertz CT molecular complexity index is 297. The Morgan fingerprint density at radius 1 is 1.17 bits per heavy atom. The van der Waals surface area contributed by atoms with Gasteiger partial charge in [-0.15, -0.1) is 0 Å². The highest BCUT2D eigenvalue weighted by atomic mass is 16.5. The smallest absolute Gasteiger partial charge is 0.191 e. The van der Waals surface area contributed by atoms with Gasteiger partial charge < -0.3 is 29.6 Å². The third-order valence-electron chi connectivity index (χ3n) is 3.41. The van der Waals surface area contributed by atoms with Crippen LogP contribution in [0.25, 0.3) is 0 Å². The molecular weight excluding hydrogens is 298 g/mol. The topological polar surface area (TPSA) is 73.3 Å². The van der Waals surface area contributed by atoms with E-state index in [0.717, 1.165) is 64.9 Å². The second-order valence-electron chi connectivity index (χ2n) is 5.45. The molecule has 23 heavy (non-hydrogen) atoms. The van der Waals surface area contributed by atoms with E-state index in [9.17, 15) is 0 Å². The van der Waals surface area contributed by atoms with Gasteiger partial charge in [0.1, 0.15) is 0 Å². The van der Waals surface area contributed by atoms with E-state index in [1.165, 1.54) is 0 Å². The number of rotatable bonds is 13. The lowest BCUT2D eigenvalue weighted by Crippen LogP contribution is -2.39. The second-order valence-corrected chi connectivity index (χ2v) is 5.45. The highest BCUT2D eigenvalue weighted by Crippen LogP contribution is 2.12. The summed E-state index contributed by atoms with van der Waals surface area (Å²) in [5.41, 5.74) is 0. The number of hydrogen-bond acceptors (Lipinski definition) is 5. The molecule has 1 saturated heterocycles. The second kappa shape index (κ2) is 14.7. The van der Waals surface area contributed by atoms with Crippen molar-refractivity contribution >= 4 is 5.96 Å². The summed E-state index contributed by atoms with van der Waals surface area (Å²) < 4.78 is 21.3. The molecule has 1 fully saturated rings. The van der Waals surface area contributed by atoms with Crippen LogP contribution in [0.5, 0.6) is 0 Å². The molecular formula is C16H33N3O4. The molecule has 0 spiro atoms. The Morgan fingerprint density at radius 3 is 2.83 bits per heavy atom. The number of hydrogen-bond donors (Lipinski definition) is 2. The zero-order valence-electron chi connectivity index (χ0n) is 14.6. The molecule has 0 radical (unpaired) electrons. The van der Waals surface area contributed by atoms with Crippen molar-refractivity contribution < 1.29 is 18.9 Å². The third-order valence-corrected chi connectivity index (χ3v) is 3.41. The van der Waals surface area contributed by atoms with Gasteiger partial charge in [-0.3, -0.25) is 4.99 Å². The number of guanidine groups is 1. The van der Waals surface area contributed by atoms with Gasteiger partial charge in [0.25, 0.3) is 0 Å². The quantitative estimate of drug-likeness (QED) is 0.293. The van der Waals surface area contributed by atoms with Crippen LogP contribution in [0.1, 0.15) is 19.8 Å². The molecule has 0 aromatic heterocycles. The molecule has 1 heterocycles. The van der Waals surface area contributed by atoms with E-state index in [-0.39, 0.29) is 0 Å².